The molecule has 0 aliphatic heterocycles. The average Bonchev–Trinajstić information content (AvgIpc) is 3.14. The van der Waals surface area contributed by atoms with Gasteiger partial charge in [0.2, 0.25) is 5.91 Å². The maximum absolute atomic E-state index is 12.6. The van der Waals surface area contributed by atoms with Crippen LogP contribution in [0, 0.1) is 5.92 Å². The number of amides is 2. The van der Waals surface area contributed by atoms with Crippen LogP contribution < -0.4 is 10.6 Å². The smallest absolute Gasteiger partial charge is 0.407 e. The number of fused-ring (bicyclic) bond motifs is 3. The van der Waals surface area contributed by atoms with Crippen LogP contribution in [-0.2, 0) is 14.3 Å². The third kappa shape index (κ3) is 5.53. The SMILES string of the molecule is O=C(O)CCCNC(=O)C1CCCC(NC(=O)OCC2c3ccccc3-c3ccccc32)C1. The molecule has 2 aliphatic rings. The number of nitrogens with one attached hydrogen (secondary N) is 2. The number of carbonyl (C=O) groups excluding carboxylic acids is 2. The third-order valence-electron chi connectivity index (χ3n) is 6.58. The van der Waals surface area contributed by atoms with Crippen molar-refractivity contribution in [2.45, 2.75) is 50.5 Å². The zero-order valence-electron chi connectivity index (χ0n) is 18.6. The lowest BCUT2D eigenvalue weighted by Gasteiger charge is -2.29. The predicted octanol–water partition coefficient (Wildman–Crippen LogP) is 4.06. The molecule has 7 nitrogen and oxygen atoms in total. The van der Waals surface area contributed by atoms with Gasteiger partial charge in [0, 0.05) is 30.8 Å². The lowest BCUT2D eigenvalue weighted by Crippen LogP contribution is -2.43. The molecule has 0 radical (unpaired) electrons. The van der Waals surface area contributed by atoms with Gasteiger partial charge < -0.3 is 20.5 Å². The monoisotopic (exact) mass is 450 g/mol. The topological polar surface area (TPSA) is 105 Å². The Morgan fingerprint density at radius 1 is 0.970 bits per heavy atom. The molecule has 33 heavy (non-hydrogen) atoms. The number of carboxylic acid groups (broad SMARTS) is 1. The molecule has 2 aromatic rings. The number of hydrogen-bond donors (Lipinski definition) is 3. The van der Waals surface area contributed by atoms with Gasteiger partial charge in [-0.05, 0) is 47.9 Å². The molecule has 1 fully saturated rings. The van der Waals surface area contributed by atoms with Gasteiger partial charge in [0.15, 0.2) is 0 Å². The van der Waals surface area contributed by atoms with Crippen LogP contribution in [0.3, 0.4) is 0 Å². The molecule has 4 rings (SSSR count). The Kier molecular flexibility index (Phi) is 7.27. The molecule has 0 saturated heterocycles. The second-order valence-corrected chi connectivity index (χ2v) is 8.82. The summed E-state index contributed by atoms with van der Waals surface area (Å²) in [6.07, 6.45) is 2.99. The maximum atomic E-state index is 12.6. The normalized spacial score (nSPS) is 19.3. The van der Waals surface area contributed by atoms with E-state index in [1.165, 1.54) is 22.3 Å². The molecule has 2 unspecified atom stereocenters. The fourth-order valence-electron chi connectivity index (χ4n) is 4.96. The van der Waals surface area contributed by atoms with Gasteiger partial charge in [-0.1, -0.05) is 55.0 Å². The van der Waals surface area contributed by atoms with Crippen molar-refractivity contribution in [1.29, 1.82) is 0 Å². The van der Waals surface area contributed by atoms with Crippen molar-refractivity contribution >= 4 is 18.0 Å². The lowest BCUT2D eigenvalue weighted by molar-refractivity contribution is -0.137. The Morgan fingerprint density at radius 3 is 2.30 bits per heavy atom. The van der Waals surface area contributed by atoms with Gasteiger partial charge in [-0.2, -0.15) is 0 Å². The molecule has 0 aromatic heterocycles. The first-order chi connectivity index (χ1) is 16.0. The van der Waals surface area contributed by atoms with E-state index in [2.05, 4.69) is 34.9 Å². The van der Waals surface area contributed by atoms with Gasteiger partial charge >= 0.3 is 12.1 Å². The summed E-state index contributed by atoms with van der Waals surface area (Å²) in [4.78, 5) is 35.5. The maximum Gasteiger partial charge on any atom is 0.407 e. The van der Waals surface area contributed by atoms with Crippen LogP contribution in [0.5, 0.6) is 0 Å². The first-order valence-electron chi connectivity index (χ1n) is 11.6. The molecule has 174 valence electrons. The molecule has 0 spiro atoms. The first-order valence-corrected chi connectivity index (χ1v) is 11.6. The van der Waals surface area contributed by atoms with Crippen molar-refractivity contribution < 1.29 is 24.2 Å². The third-order valence-corrected chi connectivity index (χ3v) is 6.58. The van der Waals surface area contributed by atoms with Gasteiger partial charge in [0.1, 0.15) is 6.61 Å². The van der Waals surface area contributed by atoms with Crippen molar-refractivity contribution in [2.75, 3.05) is 13.2 Å². The molecule has 3 N–H and O–H groups in total. The minimum atomic E-state index is -0.866. The lowest BCUT2D eigenvalue weighted by atomic mass is 9.85. The van der Waals surface area contributed by atoms with Crippen molar-refractivity contribution in [1.82, 2.24) is 10.6 Å². The summed E-state index contributed by atoms with van der Waals surface area (Å²) in [6.45, 7) is 0.617. The van der Waals surface area contributed by atoms with E-state index >= 15 is 0 Å². The summed E-state index contributed by atoms with van der Waals surface area (Å²) in [5.41, 5.74) is 4.71. The molecule has 0 bridgehead atoms. The van der Waals surface area contributed by atoms with Gasteiger partial charge in [0.25, 0.3) is 0 Å². The Bertz CT molecular complexity index is 976. The molecule has 2 aliphatic carbocycles. The van der Waals surface area contributed by atoms with Gasteiger partial charge in [-0.25, -0.2) is 4.79 Å². The van der Waals surface area contributed by atoms with Crippen LogP contribution in [-0.4, -0.2) is 42.3 Å². The van der Waals surface area contributed by atoms with E-state index in [1.807, 2.05) is 24.3 Å². The second kappa shape index (κ2) is 10.5. The van der Waals surface area contributed by atoms with Gasteiger partial charge in [-0.3, -0.25) is 9.59 Å². The molecule has 2 atom stereocenters. The van der Waals surface area contributed by atoms with Crippen molar-refractivity contribution in [3.8, 4) is 11.1 Å². The van der Waals surface area contributed by atoms with Gasteiger partial charge in [0.05, 0.1) is 0 Å². The second-order valence-electron chi connectivity index (χ2n) is 8.82. The Hall–Kier alpha value is -3.35. The van der Waals surface area contributed by atoms with E-state index in [0.29, 0.717) is 19.4 Å². The molecule has 7 heteroatoms. The van der Waals surface area contributed by atoms with E-state index in [4.69, 9.17) is 9.84 Å². The van der Waals surface area contributed by atoms with E-state index < -0.39 is 12.1 Å². The van der Waals surface area contributed by atoms with E-state index in [0.717, 1.165) is 19.3 Å². The standard InChI is InChI=1S/C26H30N2O5/c29-24(30)13-6-14-27-25(31)17-7-5-8-18(15-17)28-26(32)33-16-23-21-11-3-1-9-19(21)20-10-2-4-12-22(20)23/h1-4,9-12,17-18,23H,5-8,13-16H2,(H,27,31)(H,28,32)(H,29,30). The number of ether oxygens (including phenoxy) is 1. The number of carboxylic acids is 1. The van der Waals surface area contributed by atoms with E-state index in [1.54, 1.807) is 0 Å². The van der Waals surface area contributed by atoms with Gasteiger partial charge in [-0.15, -0.1) is 0 Å². The van der Waals surface area contributed by atoms with Crippen LogP contribution in [0.1, 0.15) is 55.6 Å². The molecule has 1 saturated carbocycles. The molecular weight excluding hydrogens is 420 g/mol. The zero-order valence-corrected chi connectivity index (χ0v) is 18.6. The van der Waals surface area contributed by atoms with E-state index in [-0.39, 0.29) is 36.8 Å². The summed E-state index contributed by atoms with van der Waals surface area (Å²) >= 11 is 0. The highest BCUT2D eigenvalue weighted by Gasteiger charge is 2.31. The molecule has 0 heterocycles. The molecule has 2 aromatic carbocycles. The summed E-state index contributed by atoms with van der Waals surface area (Å²) in [5, 5.41) is 14.4. The highest BCUT2D eigenvalue weighted by atomic mass is 16.5. The number of aliphatic carboxylic acids is 1. The highest BCUT2D eigenvalue weighted by molar-refractivity contribution is 5.80. The zero-order chi connectivity index (χ0) is 23.2. The first kappa shape index (κ1) is 22.8. The fraction of sp³-hybridized carbons (Fsp3) is 0.423. The Labute approximate surface area is 193 Å². The Balaban J connectivity index is 1.27. The number of carbonyl (C=O) groups is 3. The van der Waals surface area contributed by atoms with Crippen molar-refractivity contribution in [3.05, 3.63) is 59.7 Å². The minimum absolute atomic E-state index is 0.0128. The average molecular weight is 451 g/mol. The van der Waals surface area contributed by atoms with Crippen LogP contribution in [0.15, 0.2) is 48.5 Å². The number of rotatable bonds is 8. The summed E-state index contributed by atoms with van der Waals surface area (Å²) in [6, 6.07) is 16.3. The number of benzene rings is 2. The van der Waals surface area contributed by atoms with Crippen LogP contribution in [0.25, 0.3) is 11.1 Å². The summed E-state index contributed by atoms with van der Waals surface area (Å²) in [7, 11) is 0. The Morgan fingerprint density at radius 2 is 1.64 bits per heavy atom. The van der Waals surface area contributed by atoms with E-state index in [9.17, 15) is 14.4 Å². The largest absolute Gasteiger partial charge is 0.481 e. The predicted molar refractivity (Wildman–Crippen MR) is 124 cm³/mol. The van der Waals surface area contributed by atoms with Crippen molar-refractivity contribution in [3.63, 3.8) is 0 Å². The fourth-order valence-corrected chi connectivity index (χ4v) is 4.96. The number of alkyl carbamates (subject to hydrolysis) is 1. The summed E-state index contributed by atoms with van der Waals surface area (Å²) < 4.78 is 5.63. The van der Waals surface area contributed by atoms with Crippen LogP contribution in [0.4, 0.5) is 4.79 Å². The molecule has 2 amide bonds. The molecular formula is C26H30N2O5. The van der Waals surface area contributed by atoms with Crippen molar-refractivity contribution in [2.24, 2.45) is 5.92 Å². The summed E-state index contributed by atoms with van der Waals surface area (Å²) in [5.74, 6) is -1.10. The minimum Gasteiger partial charge on any atom is -0.481 e. The van der Waals surface area contributed by atoms with Crippen LogP contribution in [0.2, 0.25) is 0 Å². The van der Waals surface area contributed by atoms with Crippen LogP contribution >= 0.6 is 0 Å². The quantitative estimate of drug-likeness (QED) is 0.526. The number of hydrogen-bond acceptors (Lipinski definition) is 4. The highest BCUT2D eigenvalue weighted by Crippen LogP contribution is 2.44.